The van der Waals surface area contributed by atoms with E-state index in [0.717, 1.165) is 12.8 Å². The Morgan fingerprint density at radius 1 is 1.26 bits per heavy atom. The second-order valence-corrected chi connectivity index (χ2v) is 5.06. The van der Waals surface area contributed by atoms with Crippen molar-refractivity contribution in [3.05, 3.63) is 30.1 Å². The van der Waals surface area contributed by atoms with Gasteiger partial charge in [0, 0.05) is 6.04 Å². The van der Waals surface area contributed by atoms with E-state index in [0.29, 0.717) is 5.75 Å². The summed E-state index contributed by atoms with van der Waals surface area (Å²) in [6, 6.07) is 5.97. The summed E-state index contributed by atoms with van der Waals surface area (Å²) < 4.78 is 18.3. The zero-order chi connectivity index (χ0) is 13.7. The molecule has 1 aliphatic carbocycles. The number of amides is 1. The lowest BCUT2D eigenvalue weighted by molar-refractivity contribution is -0.128. The molecule has 0 aliphatic heterocycles. The minimum atomic E-state index is -0.563. The summed E-state index contributed by atoms with van der Waals surface area (Å²) in [5.74, 6) is 0.0931. The zero-order valence-corrected chi connectivity index (χ0v) is 11.2. The fourth-order valence-corrected chi connectivity index (χ4v) is 2.34. The van der Waals surface area contributed by atoms with Gasteiger partial charge in [-0.3, -0.25) is 4.79 Å². The maximum atomic E-state index is 12.8. The average molecular weight is 265 g/mol. The van der Waals surface area contributed by atoms with Crippen molar-refractivity contribution in [1.29, 1.82) is 0 Å². The van der Waals surface area contributed by atoms with Crippen LogP contribution in [0.4, 0.5) is 4.39 Å². The van der Waals surface area contributed by atoms with Crippen LogP contribution in [0.2, 0.25) is 0 Å². The number of carbonyl (C=O) groups is 1. The number of carbonyl (C=O) groups excluding carboxylic acids is 1. The van der Waals surface area contributed by atoms with E-state index in [4.69, 9.17) is 4.74 Å². The Bertz CT molecular complexity index is 413. The van der Waals surface area contributed by atoms with Gasteiger partial charge in [0.15, 0.2) is 6.10 Å². The Labute approximate surface area is 113 Å². The van der Waals surface area contributed by atoms with Crippen LogP contribution in [-0.2, 0) is 4.79 Å². The smallest absolute Gasteiger partial charge is 0.260 e. The van der Waals surface area contributed by atoms with Gasteiger partial charge in [-0.1, -0.05) is 19.3 Å². The molecule has 0 aromatic heterocycles. The largest absolute Gasteiger partial charge is 0.481 e. The number of halogens is 1. The summed E-state index contributed by atoms with van der Waals surface area (Å²) in [6.45, 7) is 1.71. The lowest BCUT2D eigenvalue weighted by Crippen LogP contribution is -2.43. The van der Waals surface area contributed by atoms with E-state index in [9.17, 15) is 9.18 Å². The van der Waals surface area contributed by atoms with Gasteiger partial charge >= 0.3 is 0 Å². The average Bonchev–Trinajstić information content (AvgIpc) is 2.42. The molecule has 104 valence electrons. The Morgan fingerprint density at radius 3 is 2.53 bits per heavy atom. The van der Waals surface area contributed by atoms with Crippen molar-refractivity contribution < 1.29 is 13.9 Å². The molecule has 0 saturated heterocycles. The van der Waals surface area contributed by atoms with E-state index >= 15 is 0 Å². The monoisotopic (exact) mass is 265 g/mol. The highest BCUT2D eigenvalue weighted by Gasteiger charge is 2.20. The van der Waals surface area contributed by atoms with Crippen molar-refractivity contribution >= 4 is 5.91 Å². The molecule has 1 aromatic carbocycles. The van der Waals surface area contributed by atoms with E-state index in [2.05, 4.69) is 5.32 Å². The van der Waals surface area contributed by atoms with Gasteiger partial charge in [-0.2, -0.15) is 0 Å². The molecule has 4 heteroatoms. The molecule has 1 aliphatic rings. The van der Waals surface area contributed by atoms with E-state index in [1.165, 1.54) is 43.5 Å². The number of hydrogen-bond donors (Lipinski definition) is 1. The van der Waals surface area contributed by atoms with Gasteiger partial charge < -0.3 is 10.1 Å². The van der Waals surface area contributed by atoms with E-state index in [1.807, 2.05) is 0 Å². The van der Waals surface area contributed by atoms with Gasteiger partial charge in [0.25, 0.3) is 5.91 Å². The van der Waals surface area contributed by atoms with E-state index < -0.39 is 6.10 Å². The number of benzene rings is 1. The topological polar surface area (TPSA) is 38.3 Å². The van der Waals surface area contributed by atoms with Gasteiger partial charge in [-0.15, -0.1) is 0 Å². The molecule has 1 aromatic rings. The molecule has 1 atom stereocenters. The summed E-state index contributed by atoms with van der Waals surface area (Å²) in [5, 5.41) is 3.01. The molecular formula is C15H20FNO2. The van der Waals surface area contributed by atoms with Crippen molar-refractivity contribution in [2.45, 2.75) is 51.2 Å². The molecule has 1 fully saturated rings. The molecule has 1 saturated carbocycles. The molecule has 0 spiro atoms. The van der Waals surface area contributed by atoms with E-state index in [1.54, 1.807) is 6.92 Å². The number of nitrogens with one attached hydrogen (secondary N) is 1. The number of rotatable bonds is 4. The molecule has 0 radical (unpaired) electrons. The molecule has 3 nitrogen and oxygen atoms in total. The number of hydrogen-bond acceptors (Lipinski definition) is 2. The maximum absolute atomic E-state index is 12.8. The van der Waals surface area contributed by atoms with E-state index in [-0.39, 0.29) is 17.8 Å². The first-order chi connectivity index (χ1) is 9.15. The first-order valence-corrected chi connectivity index (χ1v) is 6.88. The normalized spacial score (nSPS) is 17.8. The first kappa shape index (κ1) is 13.8. The molecule has 2 rings (SSSR count). The summed E-state index contributed by atoms with van der Waals surface area (Å²) >= 11 is 0. The van der Waals surface area contributed by atoms with Gasteiger partial charge in [0.05, 0.1) is 0 Å². The highest BCUT2D eigenvalue weighted by molar-refractivity contribution is 5.81. The van der Waals surface area contributed by atoms with Gasteiger partial charge in [-0.05, 0) is 44.0 Å². The fraction of sp³-hybridized carbons (Fsp3) is 0.533. The summed E-state index contributed by atoms with van der Waals surface area (Å²) in [7, 11) is 0. The molecule has 0 heterocycles. The summed E-state index contributed by atoms with van der Waals surface area (Å²) in [4.78, 5) is 12.0. The lowest BCUT2D eigenvalue weighted by atomic mass is 9.95. The lowest BCUT2D eigenvalue weighted by Gasteiger charge is -2.24. The third-order valence-electron chi connectivity index (χ3n) is 3.45. The molecular weight excluding hydrogens is 245 g/mol. The Morgan fingerprint density at radius 2 is 1.89 bits per heavy atom. The molecule has 1 amide bonds. The Kier molecular flexibility index (Phi) is 4.77. The highest BCUT2D eigenvalue weighted by Crippen LogP contribution is 2.18. The second kappa shape index (κ2) is 6.55. The van der Waals surface area contributed by atoms with Gasteiger partial charge in [0.1, 0.15) is 11.6 Å². The maximum Gasteiger partial charge on any atom is 0.260 e. The van der Waals surface area contributed by atoms with Crippen molar-refractivity contribution in [1.82, 2.24) is 5.32 Å². The summed E-state index contributed by atoms with van der Waals surface area (Å²) in [6.07, 6.45) is 5.15. The van der Waals surface area contributed by atoms with Crippen LogP contribution in [0.3, 0.4) is 0 Å². The second-order valence-electron chi connectivity index (χ2n) is 5.06. The van der Waals surface area contributed by atoms with Gasteiger partial charge in [0.2, 0.25) is 0 Å². The van der Waals surface area contributed by atoms with Crippen molar-refractivity contribution in [3.8, 4) is 5.75 Å². The predicted molar refractivity (Wildman–Crippen MR) is 71.5 cm³/mol. The van der Waals surface area contributed by atoms with Crippen LogP contribution in [0.1, 0.15) is 39.0 Å². The van der Waals surface area contributed by atoms with Crippen molar-refractivity contribution in [2.24, 2.45) is 0 Å². The molecule has 0 bridgehead atoms. The minimum Gasteiger partial charge on any atom is -0.481 e. The van der Waals surface area contributed by atoms with Gasteiger partial charge in [-0.25, -0.2) is 4.39 Å². The molecule has 1 unspecified atom stereocenters. The third-order valence-corrected chi connectivity index (χ3v) is 3.45. The number of ether oxygens (including phenoxy) is 1. The summed E-state index contributed by atoms with van der Waals surface area (Å²) in [5.41, 5.74) is 0. The van der Waals surface area contributed by atoms with Crippen LogP contribution >= 0.6 is 0 Å². The van der Waals surface area contributed by atoms with Crippen LogP contribution in [0.25, 0.3) is 0 Å². The van der Waals surface area contributed by atoms with Crippen LogP contribution < -0.4 is 10.1 Å². The highest BCUT2D eigenvalue weighted by atomic mass is 19.1. The minimum absolute atomic E-state index is 0.101. The Balaban J connectivity index is 1.83. The SMILES string of the molecule is CC(Oc1ccc(F)cc1)C(=O)NC1CCCCC1. The van der Waals surface area contributed by atoms with Crippen molar-refractivity contribution in [3.63, 3.8) is 0 Å². The zero-order valence-electron chi connectivity index (χ0n) is 11.2. The molecule has 1 N–H and O–H groups in total. The fourth-order valence-electron chi connectivity index (χ4n) is 2.34. The Hall–Kier alpha value is -1.58. The van der Waals surface area contributed by atoms with Crippen LogP contribution in [0.5, 0.6) is 5.75 Å². The quantitative estimate of drug-likeness (QED) is 0.908. The van der Waals surface area contributed by atoms with Crippen molar-refractivity contribution in [2.75, 3.05) is 0 Å². The van der Waals surface area contributed by atoms with Crippen LogP contribution in [-0.4, -0.2) is 18.1 Å². The van der Waals surface area contributed by atoms with Crippen LogP contribution in [0.15, 0.2) is 24.3 Å². The first-order valence-electron chi connectivity index (χ1n) is 6.88. The molecule has 19 heavy (non-hydrogen) atoms. The standard InChI is InChI=1S/C15H20FNO2/c1-11(19-14-9-7-12(16)8-10-14)15(18)17-13-5-3-2-4-6-13/h7-11,13H,2-6H2,1H3,(H,17,18). The van der Waals surface area contributed by atoms with Crippen LogP contribution in [0, 0.1) is 5.82 Å². The predicted octanol–water partition coefficient (Wildman–Crippen LogP) is 3.04. The third kappa shape index (κ3) is 4.23.